The molecule has 8 nitrogen and oxygen atoms in total. The van der Waals surface area contributed by atoms with E-state index in [1.54, 1.807) is 21.0 Å². The molecular weight excluding hydrogens is 481 g/mol. The molecule has 0 bridgehead atoms. The van der Waals surface area contributed by atoms with Crippen molar-refractivity contribution in [3.8, 4) is 0 Å². The first-order valence-corrected chi connectivity index (χ1v) is 15.4. The quantitative estimate of drug-likeness (QED) is 0.0548. The number of allylic oxidation sites excluding steroid dienone is 4. The molecule has 0 aliphatic rings. The summed E-state index contributed by atoms with van der Waals surface area (Å²) in [6, 6.07) is 0. The van der Waals surface area contributed by atoms with Crippen molar-refractivity contribution in [1.82, 2.24) is 0 Å². The van der Waals surface area contributed by atoms with E-state index in [9.17, 15) is 14.6 Å². The fourth-order valence-corrected chi connectivity index (χ4v) is 5.91. The number of rotatable bonds is 24. The molecule has 3 atom stereocenters. The third-order valence-corrected chi connectivity index (χ3v) is 8.45. The first-order chi connectivity index (χ1) is 17.1. The molecule has 0 aromatic carbocycles. The molecule has 0 spiro atoms. The zero-order valence-corrected chi connectivity index (χ0v) is 24.1. The van der Waals surface area contributed by atoms with Crippen LogP contribution in [-0.4, -0.2) is 78.4 Å². The van der Waals surface area contributed by atoms with E-state index < -0.39 is 25.8 Å². The number of aliphatic hydroxyl groups is 3. The second-order valence-corrected chi connectivity index (χ2v) is 12.0. The van der Waals surface area contributed by atoms with Gasteiger partial charge in [0.25, 0.3) is 0 Å². The summed E-state index contributed by atoms with van der Waals surface area (Å²) in [5.74, 6) is -0.843. The normalized spacial score (nSPS) is 16.2. The first kappa shape index (κ1) is 35.4. The van der Waals surface area contributed by atoms with Crippen LogP contribution in [0.5, 0.6) is 0 Å². The third kappa shape index (κ3) is 18.6. The Balaban J connectivity index is 3.93. The molecule has 0 aliphatic heterocycles. The van der Waals surface area contributed by atoms with Crippen molar-refractivity contribution < 1.29 is 38.5 Å². The van der Waals surface area contributed by atoms with E-state index in [0.29, 0.717) is 13.0 Å². The molecule has 0 saturated heterocycles. The van der Waals surface area contributed by atoms with Gasteiger partial charge in [0.1, 0.15) is 6.10 Å². The Morgan fingerprint density at radius 2 is 1.39 bits per heavy atom. The van der Waals surface area contributed by atoms with Gasteiger partial charge < -0.3 is 38.5 Å². The van der Waals surface area contributed by atoms with Crippen LogP contribution < -0.4 is 4.89 Å². The summed E-state index contributed by atoms with van der Waals surface area (Å²) >= 11 is 0. The molecule has 0 aliphatic carbocycles. The Morgan fingerprint density at radius 1 is 0.861 bits per heavy atom. The van der Waals surface area contributed by atoms with Crippen molar-refractivity contribution in [3.63, 3.8) is 0 Å². The first-order valence-electron chi connectivity index (χ1n) is 13.8. The summed E-state index contributed by atoms with van der Waals surface area (Å²) in [6.07, 6.45) is 18.3. The van der Waals surface area contributed by atoms with Crippen molar-refractivity contribution in [2.24, 2.45) is 0 Å². The zero-order chi connectivity index (χ0) is 27.3. The second kappa shape index (κ2) is 21.4. The monoisotopic (exact) mass is 535 g/mol. The summed E-state index contributed by atoms with van der Waals surface area (Å²) in [5.41, 5.74) is 0. The molecule has 0 saturated carbocycles. The maximum absolute atomic E-state index is 12.7. The van der Waals surface area contributed by atoms with Crippen molar-refractivity contribution >= 4 is 7.60 Å². The van der Waals surface area contributed by atoms with Gasteiger partial charge in [0.15, 0.2) is 19.7 Å². The van der Waals surface area contributed by atoms with Crippen molar-refractivity contribution in [2.75, 3.05) is 40.5 Å². The van der Waals surface area contributed by atoms with Gasteiger partial charge in [-0.3, -0.25) is 0 Å². The summed E-state index contributed by atoms with van der Waals surface area (Å²) < 4.78 is 23.3. The van der Waals surface area contributed by atoms with E-state index in [2.05, 4.69) is 31.2 Å². The maximum Gasteiger partial charge on any atom is 0.193 e. The summed E-state index contributed by atoms with van der Waals surface area (Å²) in [4.78, 5) is 12.7. The van der Waals surface area contributed by atoms with Gasteiger partial charge >= 0.3 is 0 Å². The highest BCUT2D eigenvalue weighted by Crippen LogP contribution is 2.48. The molecule has 0 fully saturated rings. The topological polar surface area (TPSA) is 119 Å². The maximum atomic E-state index is 12.7. The van der Waals surface area contributed by atoms with E-state index in [4.69, 9.17) is 19.5 Å². The smallest absolute Gasteiger partial charge is 0.193 e. The number of hydrogen-bond acceptors (Lipinski definition) is 7. The van der Waals surface area contributed by atoms with Crippen LogP contribution in [-0.2, 0) is 13.8 Å². The second-order valence-electron chi connectivity index (χ2n) is 10.1. The Hall–Kier alpha value is -0.570. The molecule has 2 unspecified atom stereocenters. The highest BCUT2D eigenvalue weighted by Gasteiger charge is 2.37. The van der Waals surface area contributed by atoms with Crippen LogP contribution in [0.25, 0.3) is 0 Å². The van der Waals surface area contributed by atoms with Crippen LogP contribution in [0, 0.1) is 0 Å². The number of quaternary nitrogens is 1. The Labute approximate surface area is 220 Å². The minimum atomic E-state index is -4.28. The van der Waals surface area contributed by atoms with Gasteiger partial charge in [0.05, 0.1) is 33.9 Å². The molecule has 0 aromatic heterocycles. The fourth-order valence-electron chi connectivity index (χ4n) is 4.03. The van der Waals surface area contributed by atoms with Gasteiger partial charge in [-0.2, -0.15) is 0 Å². The van der Waals surface area contributed by atoms with Crippen molar-refractivity contribution in [3.05, 3.63) is 24.3 Å². The molecule has 0 radical (unpaired) electrons. The lowest BCUT2D eigenvalue weighted by Gasteiger charge is -2.43. The van der Waals surface area contributed by atoms with E-state index in [0.717, 1.165) is 25.7 Å². The number of ether oxygens (including phenoxy) is 1. The molecule has 9 heteroatoms. The van der Waals surface area contributed by atoms with E-state index in [-0.39, 0.29) is 30.7 Å². The van der Waals surface area contributed by atoms with Crippen LogP contribution in [0.4, 0.5) is 0 Å². The average Bonchev–Trinajstić information content (AvgIpc) is 2.81. The summed E-state index contributed by atoms with van der Waals surface area (Å²) in [7, 11) is -0.851. The average molecular weight is 536 g/mol. The highest BCUT2D eigenvalue weighted by molar-refractivity contribution is 7.51. The van der Waals surface area contributed by atoms with Crippen LogP contribution in [0.3, 0.4) is 0 Å². The number of nitrogens with zero attached hydrogens (tertiary/aromatic N) is 1. The molecule has 214 valence electrons. The lowest BCUT2D eigenvalue weighted by molar-refractivity contribution is -0.904. The van der Waals surface area contributed by atoms with Gasteiger partial charge in [0, 0.05) is 19.4 Å². The zero-order valence-electron chi connectivity index (χ0n) is 23.2. The number of unbranched alkanes of at least 4 members (excludes halogenated alkanes) is 7. The Kier molecular flexibility index (Phi) is 21.0. The summed E-state index contributed by atoms with van der Waals surface area (Å²) in [5, 5.41) is 28.3. The third-order valence-electron chi connectivity index (χ3n) is 6.22. The van der Waals surface area contributed by atoms with Crippen LogP contribution in [0.1, 0.15) is 90.9 Å². The van der Waals surface area contributed by atoms with Crippen LogP contribution >= 0.6 is 7.60 Å². The van der Waals surface area contributed by atoms with Crippen LogP contribution in [0.2, 0.25) is 0 Å². The molecule has 0 amide bonds. The van der Waals surface area contributed by atoms with Gasteiger partial charge in [-0.05, 0) is 51.4 Å². The molecule has 36 heavy (non-hydrogen) atoms. The van der Waals surface area contributed by atoms with E-state index >= 15 is 0 Å². The minimum absolute atomic E-state index is 0.0223. The number of hydrogen-bond donors (Lipinski definition) is 3. The molecule has 0 heterocycles. The van der Waals surface area contributed by atoms with Crippen molar-refractivity contribution in [2.45, 2.75) is 109 Å². The van der Waals surface area contributed by atoms with E-state index in [1.165, 1.54) is 38.5 Å². The largest absolute Gasteiger partial charge is 0.774 e. The van der Waals surface area contributed by atoms with Gasteiger partial charge in [-0.15, -0.1) is 0 Å². The summed E-state index contributed by atoms with van der Waals surface area (Å²) in [6.45, 7) is 4.41. The Bertz CT molecular complexity index is 625. The lowest BCUT2D eigenvalue weighted by Crippen LogP contribution is -2.51. The SMILES string of the molecule is CCCC/C=C\CCCC/C=C\CCCCOC[C@@H](O)COP(=O)([O-])C(CC)[N+](C)(C)CCC(O)O. The highest BCUT2D eigenvalue weighted by atomic mass is 31.2. The standard InChI is InChI=1S/C27H54NO7P/c1-5-7-8-9-10-11-12-13-14-15-16-17-18-19-22-34-23-25(29)24-35-36(32,33)26(6-2)28(3,4)21-20-27(30)31/h9-10,15-16,25-27,29-31H,5-8,11-14,17-24H2,1-4H3/b10-9-,16-15-/t25-,26?/m1/s1. The van der Waals surface area contributed by atoms with Gasteiger partial charge in [-0.25, -0.2) is 0 Å². The van der Waals surface area contributed by atoms with E-state index in [1.807, 2.05) is 0 Å². The Morgan fingerprint density at radius 3 is 1.89 bits per heavy atom. The molecule has 3 N–H and O–H groups in total. The minimum Gasteiger partial charge on any atom is -0.774 e. The molecule has 0 aromatic rings. The fraction of sp³-hybridized carbons (Fsp3) is 0.852. The van der Waals surface area contributed by atoms with Crippen molar-refractivity contribution in [1.29, 1.82) is 0 Å². The predicted molar refractivity (Wildman–Crippen MR) is 144 cm³/mol. The van der Waals surface area contributed by atoms with Crippen LogP contribution in [0.15, 0.2) is 24.3 Å². The predicted octanol–water partition coefficient (Wildman–Crippen LogP) is 4.48. The molecular formula is C27H54NO7P. The van der Waals surface area contributed by atoms with Gasteiger partial charge in [0.2, 0.25) is 0 Å². The molecule has 0 rings (SSSR count). The van der Waals surface area contributed by atoms with Gasteiger partial charge in [-0.1, -0.05) is 51.0 Å². The lowest BCUT2D eigenvalue weighted by atomic mass is 10.1. The number of aliphatic hydroxyl groups excluding tert-OH is 2.